The number of fused-ring (bicyclic) bond motifs is 3. The second-order valence-electron chi connectivity index (χ2n) is 14.5. The van der Waals surface area contributed by atoms with Gasteiger partial charge in [0.1, 0.15) is 30.5 Å². The first-order chi connectivity index (χ1) is 23.4. The molecule has 0 saturated carbocycles. The number of halogens is 4. The fraction of sp³-hybridized carbons (Fsp3) is 0.500. The van der Waals surface area contributed by atoms with Gasteiger partial charge in [-0.05, 0) is 35.8 Å². The number of hydrogen-bond acceptors (Lipinski definition) is 7. The van der Waals surface area contributed by atoms with Crippen molar-refractivity contribution in [3.05, 3.63) is 76.3 Å². The minimum atomic E-state index is -1.06. The molecule has 258 valence electrons. The number of hydrogen-bond donors (Lipinski definition) is 0. The molecule has 4 aliphatic heterocycles. The van der Waals surface area contributed by atoms with Gasteiger partial charge in [-0.3, -0.25) is 9.69 Å². The van der Waals surface area contributed by atoms with Gasteiger partial charge in [-0.15, -0.1) is 0 Å². The van der Waals surface area contributed by atoms with Crippen LogP contribution in [0.5, 0.6) is 6.01 Å². The molecule has 0 radical (unpaired) electrons. The Morgan fingerprint density at radius 2 is 1.98 bits per heavy atom. The molecule has 3 atom stereocenters. The Hall–Kier alpha value is -4.08. The van der Waals surface area contributed by atoms with Gasteiger partial charge in [-0.25, -0.2) is 19.7 Å². The van der Waals surface area contributed by atoms with E-state index in [9.17, 15) is 18.0 Å². The zero-order valence-electron chi connectivity index (χ0n) is 27.7. The van der Waals surface area contributed by atoms with Crippen LogP contribution < -0.4 is 14.5 Å². The molecule has 3 fully saturated rings. The van der Waals surface area contributed by atoms with Crippen molar-refractivity contribution in [2.24, 2.45) is 5.41 Å². The predicted octanol–water partition coefficient (Wildman–Crippen LogP) is 6.00. The molecule has 9 nitrogen and oxygen atoms in total. The Balaban J connectivity index is 1.24. The lowest BCUT2D eigenvalue weighted by Crippen LogP contribution is -2.57. The van der Waals surface area contributed by atoms with E-state index in [1.807, 2.05) is 23.1 Å². The lowest BCUT2D eigenvalue weighted by atomic mass is 9.82. The number of alkyl halides is 1. The van der Waals surface area contributed by atoms with Gasteiger partial charge in [0.2, 0.25) is 6.54 Å². The summed E-state index contributed by atoms with van der Waals surface area (Å²) >= 11 is 6.51. The van der Waals surface area contributed by atoms with Crippen LogP contribution in [0.3, 0.4) is 0 Å². The molecule has 49 heavy (non-hydrogen) atoms. The smallest absolute Gasteiger partial charge is 0.318 e. The van der Waals surface area contributed by atoms with Gasteiger partial charge >= 0.3 is 6.01 Å². The maximum Gasteiger partial charge on any atom is 0.318 e. The molecule has 0 bridgehead atoms. The summed E-state index contributed by atoms with van der Waals surface area (Å²) in [7, 11) is 0. The molecule has 2 aromatic carbocycles. The molecule has 0 N–H and O–H groups in total. The zero-order chi connectivity index (χ0) is 34.7. The van der Waals surface area contributed by atoms with Crippen molar-refractivity contribution >= 4 is 39.8 Å². The van der Waals surface area contributed by atoms with E-state index in [-0.39, 0.29) is 42.7 Å². The number of amides is 1. The fourth-order valence-electron chi connectivity index (χ4n) is 8.53. The van der Waals surface area contributed by atoms with Gasteiger partial charge in [-0.2, -0.15) is 9.97 Å². The number of carbonyl (C=O) groups excluding carboxylic acids is 1. The van der Waals surface area contributed by atoms with Crippen LogP contribution in [0.25, 0.3) is 15.6 Å². The van der Waals surface area contributed by atoms with Gasteiger partial charge < -0.3 is 24.3 Å². The van der Waals surface area contributed by atoms with Crippen molar-refractivity contribution in [1.82, 2.24) is 19.8 Å². The Morgan fingerprint density at radius 1 is 1.16 bits per heavy atom. The summed E-state index contributed by atoms with van der Waals surface area (Å²) in [4.78, 5) is 33.7. The lowest BCUT2D eigenvalue weighted by molar-refractivity contribution is -0.131. The van der Waals surface area contributed by atoms with Gasteiger partial charge in [0, 0.05) is 62.3 Å². The van der Waals surface area contributed by atoms with Gasteiger partial charge in [0.05, 0.1) is 22.8 Å². The second kappa shape index (κ2) is 12.7. The van der Waals surface area contributed by atoms with E-state index >= 15 is 0 Å². The molecule has 7 rings (SSSR count). The summed E-state index contributed by atoms with van der Waals surface area (Å²) in [6.07, 6.45) is 0.800. The molecular formula is C36H39ClF3N7O2. The highest BCUT2D eigenvalue weighted by atomic mass is 35.5. The number of rotatable bonds is 7. The summed E-state index contributed by atoms with van der Waals surface area (Å²) < 4.78 is 49.7. The normalized spacial score (nSPS) is 24.9. The van der Waals surface area contributed by atoms with Crippen LogP contribution >= 0.6 is 11.6 Å². The van der Waals surface area contributed by atoms with Crippen LogP contribution in [0, 0.1) is 17.8 Å². The predicted molar refractivity (Wildman–Crippen MR) is 183 cm³/mol. The highest BCUT2D eigenvalue weighted by Crippen LogP contribution is 2.48. The maximum absolute atomic E-state index is 14.8. The second-order valence-corrected chi connectivity index (χ2v) is 14.9. The Kier molecular flexibility index (Phi) is 8.64. The van der Waals surface area contributed by atoms with Crippen LogP contribution in [0.15, 0.2) is 42.7 Å². The maximum atomic E-state index is 14.8. The number of piperazine rings is 1. The average molecular weight is 694 g/mol. The Labute approximate surface area is 289 Å². The summed E-state index contributed by atoms with van der Waals surface area (Å²) in [5.74, 6) is -1.72. The number of ether oxygens (including phenoxy) is 1. The highest BCUT2D eigenvalue weighted by Gasteiger charge is 2.55. The minimum absolute atomic E-state index is 0.00311. The number of nitrogens with zero attached hydrogens (tertiary/aromatic N) is 7. The van der Waals surface area contributed by atoms with E-state index in [0.717, 1.165) is 35.3 Å². The van der Waals surface area contributed by atoms with Crippen LogP contribution in [0.4, 0.5) is 24.7 Å². The SMILES string of the molecule is [C-]#[N+]C[C@H]1CN(c2nc(OCC34CC(F)CN3CC(C)(C)C4)nc3c2CCN(c2cccc4ccc(F)c(Cl)c24)C3)CCN1C(=O)C(=C)F. The third kappa shape index (κ3) is 6.16. The first-order valence-corrected chi connectivity index (χ1v) is 17.0. The van der Waals surface area contributed by atoms with E-state index in [4.69, 9.17) is 32.9 Å². The zero-order valence-corrected chi connectivity index (χ0v) is 28.4. The van der Waals surface area contributed by atoms with Crippen molar-refractivity contribution in [3.63, 3.8) is 0 Å². The standard InChI is InChI=1S/C36H39ClF3N7O2/c1-22(38)33(48)47-13-12-45(17-25(47)15-41-4)32-26-10-11-44(29-7-5-6-23-8-9-27(40)31(37)30(23)29)18-28(26)42-34(43-32)49-21-36-14-24(39)16-46(36)20-35(2,3)19-36/h5-9,24-25H,1,10-21H2,2-3H3/t24?,25-,36?/m0/s1. The third-order valence-electron chi connectivity index (χ3n) is 10.4. The lowest BCUT2D eigenvalue weighted by Gasteiger charge is -2.41. The summed E-state index contributed by atoms with van der Waals surface area (Å²) in [6, 6.07) is 8.41. The number of aromatic nitrogens is 2. The topological polar surface area (TPSA) is 69.4 Å². The average Bonchev–Trinajstić information content (AvgIpc) is 3.50. The Bertz CT molecular complexity index is 1870. The minimum Gasteiger partial charge on any atom is -0.461 e. The van der Waals surface area contributed by atoms with Crippen molar-refractivity contribution in [1.29, 1.82) is 0 Å². The van der Waals surface area contributed by atoms with E-state index in [1.54, 1.807) is 6.07 Å². The van der Waals surface area contributed by atoms with Crippen LogP contribution in [-0.4, -0.2) is 95.8 Å². The van der Waals surface area contributed by atoms with E-state index in [1.165, 1.54) is 11.0 Å². The quantitative estimate of drug-likeness (QED) is 0.222. The Morgan fingerprint density at radius 3 is 2.76 bits per heavy atom. The van der Waals surface area contributed by atoms with Crippen LogP contribution in [-0.2, 0) is 17.8 Å². The van der Waals surface area contributed by atoms with Crippen molar-refractivity contribution in [2.45, 2.75) is 57.4 Å². The summed E-state index contributed by atoms with van der Waals surface area (Å²) in [5, 5.41) is 1.51. The monoisotopic (exact) mass is 693 g/mol. The number of anilines is 2. The largest absolute Gasteiger partial charge is 0.461 e. The molecule has 1 amide bonds. The van der Waals surface area contributed by atoms with Crippen molar-refractivity contribution in [3.8, 4) is 6.01 Å². The van der Waals surface area contributed by atoms with Crippen molar-refractivity contribution in [2.75, 3.05) is 62.2 Å². The van der Waals surface area contributed by atoms with E-state index in [0.29, 0.717) is 50.2 Å². The molecule has 3 aromatic rings. The first kappa shape index (κ1) is 33.4. The van der Waals surface area contributed by atoms with Crippen LogP contribution in [0.2, 0.25) is 5.02 Å². The summed E-state index contributed by atoms with van der Waals surface area (Å²) in [5.41, 5.74) is 1.98. The van der Waals surface area contributed by atoms with Crippen molar-refractivity contribution < 1.29 is 22.7 Å². The molecule has 3 saturated heterocycles. The molecule has 2 unspecified atom stereocenters. The molecular weight excluding hydrogens is 655 g/mol. The molecule has 4 aliphatic rings. The van der Waals surface area contributed by atoms with Gasteiger partial charge in [0.15, 0.2) is 5.83 Å². The molecule has 1 aromatic heterocycles. The highest BCUT2D eigenvalue weighted by molar-refractivity contribution is 6.36. The van der Waals surface area contributed by atoms with E-state index < -0.39 is 35.3 Å². The van der Waals surface area contributed by atoms with Gasteiger partial charge in [0.25, 0.3) is 5.91 Å². The number of carbonyl (C=O) groups is 1. The number of benzene rings is 2. The summed E-state index contributed by atoms with van der Waals surface area (Å²) in [6.45, 7) is 18.2. The molecule has 0 spiro atoms. The van der Waals surface area contributed by atoms with E-state index in [2.05, 4.69) is 35.1 Å². The third-order valence-corrected chi connectivity index (χ3v) is 10.8. The first-order valence-electron chi connectivity index (χ1n) is 16.6. The fourth-order valence-corrected chi connectivity index (χ4v) is 8.79. The molecule has 13 heteroatoms. The van der Waals surface area contributed by atoms with Gasteiger partial charge in [-0.1, -0.05) is 50.2 Å². The van der Waals surface area contributed by atoms with Crippen LogP contribution in [0.1, 0.15) is 37.9 Å². The molecule has 5 heterocycles. The molecule has 0 aliphatic carbocycles.